The number of hydrogen-bond acceptors (Lipinski definition) is 2. The first-order valence-corrected chi connectivity index (χ1v) is 6.63. The summed E-state index contributed by atoms with van der Waals surface area (Å²) in [6, 6.07) is 6.74. The van der Waals surface area contributed by atoms with Gasteiger partial charge in [0, 0.05) is 11.4 Å². The van der Waals surface area contributed by atoms with Gasteiger partial charge in [0.15, 0.2) is 0 Å². The molecule has 1 aromatic rings. The molecule has 2 heteroatoms. The van der Waals surface area contributed by atoms with Crippen molar-refractivity contribution in [3.8, 4) is 0 Å². The normalized spacial score (nSPS) is 10.6. The molecule has 1 nitrogen and oxygen atoms in total. The SMILES string of the molecule is CCCCSc1ccc(C)cc1CNC. The first-order chi connectivity index (χ1) is 7.27. The fourth-order valence-corrected chi connectivity index (χ4v) is 2.64. The third-order valence-electron chi connectivity index (χ3n) is 2.34. The van der Waals surface area contributed by atoms with Crippen molar-refractivity contribution in [3.05, 3.63) is 29.3 Å². The molecule has 0 unspecified atom stereocenters. The Bertz CT molecular complexity index is 297. The second-order valence-corrected chi connectivity index (χ2v) is 4.98. The molecule has 15 heavy (non-hydrogen) atoms. The Hall–Kier alpha value is -0.470. The highest BCUT2D eigenvalue weighted by atomic mass is 32.2. The molecule has 0 aliphatic carbocycles. The number of rotatable bonds is 6. The number of nitrogens with one attached hydrogen (secondary N) is 1. The lowest BCUT2D eigenvalue weighted by atomic mass is 10.1. The van der Waals surface area contributed by atoms with Crippen molar-refractivity contribution in [2.75, 3.05) is 12.8 Å². The molecule has 0 fully saturated rings. The van der Waals surface area contributed by atoms with Crippen molar-refractivity contribution in [2.45, 2.75) is 38.1 Å². The molecule has 0 saturated carbocycles. The Balaban J connectivity index is 2.67. The molecule has 0 aromatic heterocycles. The van der Waals surface area contributed by atoms with Crippen LogP contribution in [0.15, 0.2) is 23.1 Å². The van der Waals surface area contributed by atoms with E-state index in [4.69, 9.17) is 0 Å². The molecule has 0 bridgehead atoms. The highest BCUT2D eigenvalue weighted by Crippen LogP contribution is 2.24. The van der Waals surface area contributed by atoms with E-state index in [-0.39, 0.29) is 0 Å². The van der Waals surface area contributed by atoms with Crippen LogP contribution in [-0.2, 0) is 6.54 Å². The van der Waals surface area contributed by atoms with Gasteiger partial charge in [-0.2, -0.15) is 0 Å². The molecule has 0 saturated heterocycles. The average molecular weight is 223 g/mol. The quantitative estimate of drug-likeness (QED) is 0.584. The Kier molecular flexibility index (Phi) is 5.81. The average Bonchev–Trinajstić information content (AvgIpc) is 2.22. The molecule has 1 rings (SSSR count). The van der Waals surface area contributed by atoms with Gasteiger partial charge in [-0.1, -0.05) is 31.0 Å². The smallest absolute Gasteiger partial charge is 0.0213 e. The molecule has 1 aromatic carbocycles. The Labute approximate surface area is 97.7 Å². The van der Waals surface area contributed by atoms with Crippen LogP contribution in [0.25, 0.3) is 0 Å². The molecule has 0 aliphatic rings. The summed E-state index contributed by atoms with van der Waals surface area (Å²) in [5, 5.41) is 3.23. The fraction of sp³-hybridized carbons (Fsp3) is 0.538. The Morgan fingerprint density at radius 3 is 2.80 bits per heavy atom. The zero-order chi connectivity index (χ0) is 11.1. The van der Waals surface area contributed by atoms with E-state index in [0.717, 1.165) is 6.54 Å². The molecule has 0 amide bonds. The summed E-state index contributed by atoms with van der Waals surface area (Å²) in [5.41, 5.74) is 2.78. The monoisotopic (exact) mass is 223 g/mol. The molecule has 84 valence electrons. The van der Waals surface area contributed by atoms with Crippen molar-refractivity contribution < 1.29 is 0 Å². The molecule has 0 heterocycles. The van der Waals surface area contributed by atoms with Gasteiger partial charge in [0.2, 0.25) is 0 Å². The van der Waals surface area contributed by atoms with E-state index in [1.807, 2.05) is 18.8 Å². The highest BCUT2D eigenvalue weighted by molar-refractivity contribution is 7.99. The summed E-state index contributed by atoms with van der Waals surface area (Å²) in [6.45, 7) is 5.36. The third kappa shape index (κ3) is 4.27. The number of unbranched alkanes of at least 4 members (excludes halogenated alkanes) is 1. The van der Waals surface area contributed by atoms with Gasteiger partial charge in [0.05, 0.1) is 0 Å². The van der Waals surface area contributed by atoms with Gasteiger partial charge in [-0.3, -0.25) is 0 Å². The minimum Gasteiger partial charge on any atom is -0.316 e. The lowest BCUT2D eigenvalue weighted by molar-refractivity contribution is 0.801. The van der Waals surface area contributed by atoms with Gasteiger partial charge >= 0.3 is 0 Å². The van der Waals surface area contributed by atoms with Crippen LogP contribution in [0.5, 0.6) is 0 Å². The van der Waals surface area contributed by atoms with Crippen LogP contribution in [0.4, 0.5) is 0 Å². The third-order valence-corrected chi connectivity index (χ3v) is 3.54. The van der Waals surface area contributed by atoms with Crippen LogP contribution in [0, 0.1) is 6.92 Å². The molecule has 0 spiro atoms. The topological polar surface area (TPSA) is 12.0 Å². The van der Waals surface area contributed by atoms with Crippen molar-refractivity contribution in [1.29, 1.82) is 0 Å². The van der Waals surface area contributed by atoms with Crippen molar-refractivity contribution in [1.82, 2.24) is 5.32 Å². The van der Waals surface area contributed by atoms with E-state index in [1.165, 1.54) is 34.6 Å². The Morgan fingerprint density at radius 2 is 2.13 bits per heavy atom. The lowest BCUT2D eigenvalue weighted by Gasteiger charge is -2.09. The van der Waals surface area contributed by atoms with Crippen molar-refractivity contribution in [3.63, 3.8) is 0 Å². The van der Waals surface area contributed by atoms with E-state index in [0.29, 0.717) is 0 Å². The van der Waals surface area contributed by atoms with Crippen LogP contribution >= 0.6 is 11.8 Å². The zero-order valence-electron chi connectivity index (χ0n) is 9.97. The minimum atomic E-state index is 0.968. The van der Waals surface area contributed by atoms with E-state index in [9.17, 15) is 0 Å². The van der Waals surface area contributed by atoms with Gasteiger partial charge in [-0.15, -0.1) is 11.8 Å². The summed E-state index contributed by atoms with van der Waals surface area (Å²) in [5.74, 6) is 1.23. The van der Waals surface area contributed by atoms with Crippen LogP contribution in [-0.4, -0.2) is 12.8 Å². The van der Waals surface area contributed by atoms with E-state index < -0.39 is 0 Å². The first kappa shape index (κ1) is 12.6. The number of thioether (sulfide) groups is 1. The predicted molar refractivity (Wildman–Crippen MR) is 69.6 cm³/mol. The van der Waals surface area contributed by atoms with Gasteiger partial charge in [0.1, 0.15) is 0 Å². The van der Waals surface area contributed by atoms with Crippen molar-refractivity contribution in [2.24, 2.45) is 0 Å². The number of benzene rings is 1. The number of aryl methyl sites for hydroxylation is 1. The van der Waals surface area contributed by atoms with E-state index >= 15 is 0 Å². The zero-order valence-corrected chi connectivity index (χ0v) is 10.8. The van der Waals surface area contributed by atoms with E-state index in [1.54, 1.807) is 0 Å². The fourth-order valence-electron chi connectivity index (χ4n) is 1.50. The summed E-state index contributed by atoms with van der Waals surface area (Å²) in [7, 11) is 2.00. The van der Waals surface area contributed by atoms with Crippen molar-refractivity contribution >= 4 is 11.8 Å². The summed E-state index contributed by atoms with van der Waals surface area (Å²) in [4.78, 5) is 1.43. The molecule has 0 atom stereocenters. The lowest BCUT2D eigenvalue weighted by Crippen LogP contribution is -2.06. The van der Waals surface area contributed by atoms with Gasteiger partial charge in [0.25, 0.3) is 0 Å². The van der Waals surface area contributed by atoms with Crippen LogP contribution in [0.2, 0.25) is 0 Å². The second-order valence-electron chi connectivity index (χ2n) is 3.84. The van der Waals surface area contributed by atoms with Gasteiger partial charge < -0.3 is 5.32 Å². The summed E-state index contributed by atoms with van der Waals surface area (Å²) >= 11 is 1.98. The van der Waals surface area contributed by atoms with Crippen LogP contribution < -0.4 is 5.32 Å². The summed E-state index contributed by atoms with van der Waals surface area (Å²) in [6.07, 6.45) is 2.58. The maximum absolute atomic E-state index is 3.23. The van der Waals surface area contributed by atoms with Gasteiger partial charge in [-0.05, 0) is 37.8 Å². The molecule has 0 radical (unpaired) electrons. The number of hydrogen-bond donors (Lipinski definition) is 1. The Morgan fingerprint density at radius 1 is 1.33 bits per heavy atom. The molecule has 1 N–H and O–H groups in total. The first-order valence-electron chi connectivity index (χ1n) is 5.65. The second kappa shape index (κ2) is 6.91. The largest absolute Gasteiger partial charge is 0.316 e. The molecule has 0 aliphatic heterocycles. The summed E-state index contributed by atoms with van der Waals surface area (Å²) < 4.78 is 0. The van der Waals surface area contributed by atoms with Gasteiger partial charge in [-0.25, -0.2) is 0 Å². The maximum atomic E-state index is 3.23. The van der Waals surface area contributed by atoms with Crippen LogP contribution in [0.3, 0.4) is 0 Å². The maximum Gasteiger partial charge on any atom is 0.0213 e. The molecular weight excluding hydrogens is 202 g/mol. The standard InChI is InChI=1S/C13H21NS/c1-4-5-8-15-13-7-6-11(2)9-12(13)10-14-3/h6-7,9,14H,4-5,8,10H2,1-3H3. The van der Waals surface area contributed by atoms with E-state index in [2.05, 4.69) is 37.4 Å². The van der Waals surface area contributed by atoms with Crippen LogP contribution in [0.1, 0.15) is 30.9 Å². The minimum absolute atomic E-state index is 0.968. The predicted octanol–water partition coefficient (Wildman–Crippen LogP) is 3.61. The highest BCUT2D eigenvalue weighted by Gasteiger charge is 2.02. The molecular formula is C13H21NS.